The van der Waals surface area contributed by atoms with Gasteiger partial charge in [-0.05, 0) is 24.2 Å². The fourth-order valence-corrected chi connectivity index (χ4v) is 3.21. The smallest absolute Gasteiger partial charge is 0.360 e. The molecule has 9 heteroatoms. The zero-order chi connectivity index (χ0) is 19.1. The Morgan fingerprint density at radius 3 is 2.77 bits per heavy atom. The van der Waals surface area contributed by atoms with E-state index in [0.29, 0.717) is 18.1 Å². The van der Waals surface area contributed by atoms with Crippen molar-refractivity contribution in [2.45, 2.75) is 52.8 Å². The molecule has 0 saturated heterocycles. The number of alkyl halides is 3. The van der Waals surface area contributed by atoms with Crippen LogP contribution in [0.15, 0.2) is 16.9 Å². The van der Waals surface area contributed by atoms with Crippen LogP contribution in [-0.4, -0.2) is 27.0 Å². The lowest BCUT2D eigenvalue weighted by molar-refractivity contribution is -0.142. The minimum Gasteiger partial charge on any atom is -0.360 e. The molecule has 1 N–H and O–H groups in total. The zero-order valence-corrected chi connectivity index (χ0v) is 14.9. The average Bonchev–Trinajstić information content (AvgIpc) is 3.10. The quantitative estimate of drug-likeness (QED) is 0.891. The van der Waals surface area contributed by atoms with Gasteiger partial charge in [0.2, 0.25) is 0 Å². The van der Waals surface area contributed by atoms with Crippen LogP contribution >= 0.6 is 0 Å². The molecule has 0 saturated carbocycles. The second-order valence-electron chi connectivity index (χ2n) is 7.73. The summed E-state index contributed by atoms with van der Waals surface area (Å²) in [7, 11) is 0. The van der Waals surface area contributed by atoms with Crippen LogP contribution in [0.25, 0.3) is 0 Å². The van der Waals surface area contributed by atoms with E-state index in [0.717, 1.165) is 29.3 Å². The largest absolute Gasteiger partial charge is 0.408 e. The highest BCUT2D eigenvalue weighted by Gasteiger charge is 2.34. The number of carbonyl (C=O) groups excluding carboxylic acids is 1. The maximum Gasteiger partial charge on any atom is 0.408 e. The van der Waals surface area contributed by atoms with Crippen molar-refractivity contribution in [3.8, 4) is 0 Å². The van der Waals surface area contributed by atoms with Crippen molar-refractivity contribution in [2.24, 2.45) is 11.3 Å². The molecule has 3 rings (SSSR count). The Morgan fingerprint density at radius 1 is 1.38 bits per heavy atom. The zero-order valence-electron chi connectivity index (χ0n) is 14.9. The molecule has 0 fully saturated rings. The van der Waals surface area contributed by atoms with Gasteiger partial charge in [0, 0.05) is 18.2 Å². The van der Waals surface area contributed by atoms with Gasteiger partial charge < -0.3 is 9.84 Å². The summed E-state index contributed by atoms with van der Waals surface area (Å²) >= 11 is 0. The van der Waals surface area contributed by atoms with Crippen LogP contribution in [0.2, 0.25) is 0 Å². The van der Waals surface area contributed by atoms with Gasteiger partial charge in [-0.2, -0.15) is 18.3 Å². The second-order valence-corrected chi connectivity index (χ2v) is 7.73. The summed E-state index contributed by atoms with van der Waals surface area (Å²) in [6.07, 6.45) is 0.320. The third-order valence-electron chi connectivity index (χ3n) is 4.71. The van der Waals surface area contributed by atoms with Crippen molar-refractivity contribution in [1.82, 2.24) is 14.9 Å². The van der Waals surface area contributed by atoms with Gasteiger partial charge in [0.25, 0.3) is 5.91 Å². The molecule has 1 aliphatic rings. The molecule has 0 aromatic carbocycles. The van der Waals surface area contributed by atoms with E-state index in [1.54, 1.807) is 0 Å². The number of nitrogens with zero attached hydrogens (tertiary/aromatic N) is 3. The van der Waals surface area contributed by atoms with Crippen molar-refractivity contribution in [3.05, 3.63) is 29.4 Å². The van der Waals surface area contributed by atoms with Crippen LogP contribution in [0.4, 0.5) is 18.9 Å². The van der Waals surface area contributed by atoms with Gasteiger partial charge in [0.05, 0.1) is 11.9 Å². The van der Waals surface area contributed by atoms with Gasteiger partial charge in [-0.1, -0.05) is 25.9 Å². The van der Waals surface area contributed by atoms with E-state index in [9.17, 15) is 18.0 Å². The number of aromatic nitrogens is 3. The van der Waals surface area contributed by atoms with Crippen molar-refractivity contribution < 1.29 is 22.5 Å². The highest BCUT2D eigenvalue weighted by Crippen LogP contribution is 2.38. The lowest BCUT2D eigenvalue weighted by atomic mass is 9.71. The number of fused-ring (bicyclic) bond motifs is 1. The molecule has 2 aromatic heterocycles. The number of carbonyl (C=O) groups is 1. The highest BCUT2D eigenvalue weighted by atomic mass is 19.4. The summed E-state index contributed by atoms with van der Waals surface area (Å²) in [6.45, 7) is 5.26. The molecule has 26 heavy (non-hydrogen) atoms. The Hall–Kier alpha value is -2.32. The molecule has 0 bridgehead atoms. The van der Waals surface area contributed by atoms with Crippen LogP contribution in [0.1, 0.15) is 49.0 Å². The molecule has 142 valence electrons. The summed E-state index contributed by atoms with van der Waals surface area (Å²) in [5.41, 5.74) is 1.26. The number of rotatable bonds is 3. The number of hydrogen-bond donors (Lipinski definition) is 1. The number of halogens is 3. The first-order chi connectivity index (χ1) is 12.0. The Balaban J connectivity index is 1.73. The van der Waals surface area contributed by atoms with Crippen molar-refractivity contribution in [2.75, 3.05) is 5.32 Å². The van der Waals surface area contributed by atoms with E-state index in [4.69, 9.17) is 4.52 Å². The number of hydrogen-bond acceptors (Lipinski definition) is 4. The third-order valence-corrected chi connectivity index (χ3v) is 4.71. The van der Waals surface area contributed by atoms with E-state index in [2.05, 4.69) is 36.3 Å². The van der Waals surface area contributed by atoms with Crippen molar-refractivity contribution >= 4 is 11.6 Å². The molecule has 2 heterocycles. The van der Waals surface area contributed by atoms with Crippen LogP contribution < -0.4 is 5.32 Å². The first kappa shape index (κ1) is 18.5. The van der Waals surface area contributed by atoms with Crippen molar-refractivity contribution in [3.63, 3.8) is 0 Å². The molecular weight excluding hydrogens is 349 g/mol. The summed E-state index contributed by atoms with van der Waals surface area (Å²) in [6, 6.07) is 0. The topological polar surface area (TPSA) is 73.0 Å². The molecular formula is C17H21F3N4O2. The van der Waals surface area contributed by atoms with Gasteiger partial charge in [-0.3, -0.25) is 9.48 Å². The fourth-order valence-electron chi connectivity index (χ4n) is 3.21. The van der Waals surface area contributed by atoms with Gasteiger partial charge in [0.1, 0.15) is 12.3 Å². The summed E-state index contributed by atoms with van der Waals surface area (Å²) in [5.74, 6) is 0.607. The second kappa shape index (κ2) is 6.44. The molecule has 1 aliphatic carbocycles. The summed E-state index contributed by atoms with van der Waals surface area (Å²) in [4.78, 5) is 12.5. The lowest BCUT2D eigenvalue weighted by Crippen LogP contribution is -2.27. The monoisotopic (exact) mass is 370 g/mol. The average molecular weight is 370 g/mol. The molecule has 2 aromatic rings. The minimum absolute atomic E-state index is 0.0987. The highest BCUT2D eigenvalue weighted by molar-refractivity contribution is 6.03. The Labute approximate surface area is 148 Å². The first-order valence-electron chi connectivity index (χ1n) is 8.41. The molecule has 0 aliphatic heterocycles. The standard InChI is InChI=1S/C17H21F3N4O2/c1-16(2,3)10-4-5-13-12(6-10)14(23-26-13)15(25)22-11-7-21-24(8-11)9-17(18,19)20/h7-8,10H,4-6,9H2,1-3H3,(H,22,25). The maximum absolute atomic E-state index is 12.5. The fraction of sp³-hybridized carbons (Fsp3) is 0.588. The lowest BCUT2D eigenvalue weighted by Gasteiger charge is -2.33. The number of amides is 1. The van der Waals surface area contributed by atoms with E-state index in [-0.39, 0.29) is 16.8 Å². The Bertz CT molecular complexity index is 802. The molecule has 0 radical (unpaired) electrons. The molecule has 6 nitrogen and oxygen atoms in total. The third kappa shape index (κ3) is 4.08. The summed E-state index contributed by atoms with van der Waals surface area (Å²) < 4.78 is 43.2. The normalized spacial score (nSPS) is 17.8. The maximum atomic E-state index is 12.5. The van der Waals surface area contributed by atoms with Crippen LogP contribution in [0.5, 0.6) is 0 Å². The van der Waals surface area contributed by atoms with Crippen LogP contribution in [-0.2, 0) is 19.4 Å². The van der Waals surface area contributed by atoms with E-state index in [1.165, 1.54) is 6.20 Å². The van der Waals surface area contributed by atoms with Gasteiger partial charge in [0.15, 0.2) is 5.69 Å². The van der Waals surface area contributed by atoms with Gasteiger partial charge in [-0.15, -0.1) is 0 Å². The Kier molecular flexibility index (Phi) is 4.58. The van der Waals surface area contributed by atoms with Crippen LogP contribution in [0.3, 0.4) is 0 Å². The molecule has 1 amide bonds. The number of aryl methyl sites for hydroxylation is 1. The Morgan fingerprint density at radius 2 is 2.12 bits per heavy atom. The SMILES string of the molecule is CC(C)(C)C1CCc2onc(C(=O)Nc3cnn(CC(F)(F)F)c3)c2C1. The molecule has 1 atom stereocenters. The first-order valence-corrected chi connectivity index (χ1v) is 8.41. The predicted octanol–water partition coefficient (Wildman–Crippen LogP) is 3.84. The number of nitrogens with one attached hydrogen (secondary N) is 1. The van der Waals surface area contributed by atoms with Crippen LogP contribution in [0, 0.1) is 11.3 Å². The summed E-state index contributed by atoms with van der Waals surface area (Å²) in [5, 5.41) is 10.0. The van der Waals surface area contributed by atoms with E-state index < -0.39 is 18.6 Å². The minimum atomic E-state index is -4.37. The number of anilines is 1. The van der Waals surface area contributed by atoms with E-state index >= 15 is 0 Å². The molecule has 1 unspecified atom stereocenters. The van der Waals surface area contributed by atoms with Gasteiger partial charge in [-0.25, -0.2) is 0 Å². The molecule has 0 spiro atoms. The van der Waals surface area contributed by atoms with Crippen molar-refractivity contribution in [1.29, 1.82) is 0 Å². The van der Waals surface area contributed by atoms with E-state index in [1.807, 2.05) is 0 Å². The predicted molar refractivity (Wildman–Crippen MR) is 87.7 cm³/mol. The van der Waals surface area contributed by atoms with Gasteiger partial charge >= 0.3 is 6.18 Å².